The van der Waals surface area contributed by atoms with Gasteiger partial charge in [-0.2, -0.15) is 0 Å². The molecule has 0 heterocycles. The van der Waals surface area contributed by atoms with E-state index >= 15 is 0 Å². The molecule has 0 saturated heterocycles. The molecule has 2 atom stereocenters. The molecule has 32 heavy (non-hydrogen) atoms. The molecule has 0 unspecified atom stereocenters. The van der Waals surface area contributed by atoms with E-state index in [1.807, 2.05) is 30.3 Å². The Kier molecular flexibility index (Phi) is 11.3. The van der Waals surface area contributed by atoms with Crippen LogP contribution in [0.25, 0.3) is 0 Å². The highest BCUT2D eigenvalue weighted by atomic mass is 16.5. The number of carboxylic acids is 1. The smallest absolute Gasteiger partial charge is 0.326 e. The predicted octanol–water partition coefficient (Wildman–Crippen LogP) is 2.09. The van der Waals surface area contributed by atoms with Crippen LogP contribution in [0, 0.1) is 0 Å². The van der Waals surface area contributed by atoms with Gasteiger partial charge >= 0.3 is 11.9 Å². The number of esters is 1. The predicted molar refractivity (Wildman–Crippen MR) is 118 cm³/mol. The van der Waals surface area contributed by atoms with Gasteiger partial charge in [0.1, 0.15) is 6.04 Å². The number of hydrogen-bond acceptors (Lipinski definition) is 7. The summed E-state index contributed by atoms with van der Waals surface area (Å²) < 4.78 is 14.8. The van der Waals surface area contributed by atoms with Gasteiger partial charge < -0.3 is 30.4 Å². The zero-order chi connectivity index (χ0) is 24.1. The van der Waals surface area contributed by atoms with Crippen molar-refractivity contribution >= 4 is 17.8 Å². The highest BCUT2D eigenvalue weighted by Crippen LogP contribution is 2.30. The third kappa shape index (κ3) is 9.05. The SMILES string of the molecule is CC(=O)N[C@@H](Cc1ccccc1)C(=O)O.COC(=O)C[C@@H](N)c1ccc(OC)c(OC)c1. The highest BCUT2D eigenvalue weighted by molar-refractivity contribution is 5.82. The first-order valence-electron chi connectivity index (χ1n) is 9.79. The fraction of sp³-hybridized carbons (Fsp3) is 0.348. The number of methoxy groups -OCH3 is 3. The number of amides is 1. The second-order valence-corrected chi connectivity index (χ2v) is 6.78. The molecule has 9 heteroatoms. The van der Waals surface area contributed by atoms with Gasteiger partial charge in [0, 0.05) is 19.4 Å². The maximum atomic E-state index is 11.1. The van der Waals surface area contributed by atoms with Crippen LogP contribution in [-0.4, -0.2) is 50.3 Å². The van der Waals surface area contributed by atoms with E-state index in [1.54, 1.807) is 32.4 Å². The molecule has 2 aromatic rings. The van der Waals surface area contributed by atoms with Gasteiger partial charge in [-0.1, -0.05) is 36.4 Å². The molecular formula is C23H30N2O7. The summed E-state index contributed by atoms with van der Waals surface area (Å²) in [6.07, 6.45) is 0.432. The lowest BCUT2D eigenvalue weighted by molar-refractivity contribution is -0.141. The fourth-order valence-electron chi connectivity index (χ4n) is 2.76. The molecular weight excluding hydrogens is 416 g/mol. The lowest BCUT2D eigenvalue weighted by Gasteiger charge is -2.13. The molecule has 0 bridgehead atoms. The summed E-state index contributed by atoms with van der Waals surface area (Å²) in [7, 11) is 4.45. The molecule has 4 N–H and O–H groups in total. The number of rotatable bonds is 9. The summed E-state index contributed by atoms with van der Waals surface area (Å²) in [4.78, 5) is 32.7. The minimum Gasteiger partial charge on any atom is -0.493 e. The topological polar surface area (TPSA) is 137 Å². The van der Waals surface area contributed by atoms with Gasteiger partial charge in [0.15, 0.2) is 11.5 Å². The molecule has 0 aliphatic carbocycles. The van der Waals surface area contributed by atoms with E-state index in [2.05, 4.69) is 10.1 Å². The number of ether oxygens (including phenoxy) is 3. The maximum absolute atomic E-state index is 11.1. The van der Waals surface area contributed by atoms with E-state index in [0.29, 0.717) is 17.9 Å². The summed E-state index contributed by atoms with van der Waals surface area (Å²) in [5.41, 5.74) is 7.58. The quantitative estimate of drug-likeness (QED) is 0.498. The van der Waals surface area contributed by atoms with Crippen LogP contribution in [0.5, 0.6) is 11.5 Å². The highest BCUT2D eigenvalue weighted by Gasteiger charge is 2.18. The third-order valence-corrected chi connectivity index (χ3v) is 4.41. The summed E-state index contributed by atoms with van der Waals surface area (Å²) in [6, 6.07) is 13.2. The van der Waals surface area contributed by atoms with Crippen molar-refractivity contribution in [2.24, 2.45) is 5.73 Å². The van der Waals surface area contributed by atoms with E-state index in [1.165, 1.54) is 14.0 Å². The molecule has 0 aliphatic rings. The van der Waals surface area contributed by atoms with Gasteiger partial charge in [0.2, 0.25) is 5.91 Å². The number of carbonyl (C=O) groups excluding carboxylic acids is 2. The largest absolute Gasteiger partial charge is 0.493 e. The summed E-state index contributed by atoms with van der Waals surface area (Å²) in [5, 5.41) is 11.3. The molecule has 0 fully saturated rings. The number of carbonyl (C=O) groups is 3. The van der Waals surface area contributed by atoms with Crippen LogP contribution in [-0.2, 0) is 25.5 Å². The van der Waals surface area contributed by atoms with Gasteiger partial charge in [-0.3, -0.25) is 9.59 Å². The minimum absolute atomic E-state index is 0.131. The van der Waals surface area contributed by atoms with Gasteiger partial charge in [0.25, 0.3) is 0 Å². The first-order valence-corrected chi connectivity index (χ1v) is 9.79. The summed E-state index contributed by atoms with van der Waals surface area (Å²) in [5.74, 6) is -0.480. The van der Waals surface area contributed by atoms with Crippen molar-refractivity contribution in [3.05, 3.63) is 59.7 Å². The Hall–Kier alpha value is -3.59. The molecule has 2 aromatic carbocycles. The van der Waals surface area contributed by atoms with Crippen LogP contribution in [0.3, 0.4) is 0 Å². The van der Waals surface area contributed by atoms with Crippen molar-refractivity contribution in [2.75, 3.05) is 21.3 Å². The van der Waals surface area contributed by atoms with Crippen molar-refractivity contribution in [3.8, 4) is 11.5 Å². The van der Waals surface area contributed by atoms with Crippen molar-refractivity contribution in [3.63, 3.8) is 0 Å². The number of benzene rings is 2. The first kappa shape index (κ1) is 26.4. The minimum atomic E-state index is -1.02. The Labute approximate surface area is 187 Å². The molecule has 0 spiro atoms. The summed E-state index contributed by atoms with van der Waals surface area (Å²) >= 11 is 0. The molecule has 0 aromatic heterocycles. The average molecular weight is 447 g/mol. The van der Waals surface area contributed by atoms with Crippen LogP contribution in [0.4, 0.5) is 0 Å². The van der Waals surface area contributed by atoms with Crippen molar-refractivity contribution in [1.82, 2.24) is 5.32 Å². The van der Waals surface area contributed by atoms with E-state index in [0.717, 1.165) is 11.1 Å². The van der Waals surface area contributed by atoms with Crippen LogP contribution in [0.15, 0.2) is 48.5 Å². The molecule has 0 aliphatic heterocycles. The van der Waals surface area contributed by atoms with Crippen molar-refractivity contribution in [2.45, 2.75) is 31.8 Å². The lowest BCUT2D eigenvalue weighted by Crippen LogP contribution is -2.41. The van der Waals surface area contributed by atoms with Crippen molar-refractivity contribution < 1.29 is 33.7 Å². The molecule has 174 valence electrons. The molecule has 2 rings (SSSR count). The van der Waals surface area contributed by atoms with E-state index in [4.69, 9.17) is 20.3 Å². The number of nitrogens with two attached hydrogens (primary N) is 1. The molecule has 0 saturated carbocycles. The van der Waals surface area contributed by atoms with Gasteiger partial charge in [-0.15, -0.1) is 0 Å². The monoisotopic (exact) mass is 446 g/mol. The van der Waals surface area contributed by atoms with E-state index in [9.17, 15) is 14.4 Å². The van der Waals surface area contributed by atoms with E-state index in [-0.39, 0.29) is 18.3 Å². The lowest BCUT2D eigenvalue weighted by atomic mass is 10.0. The Bertz CT molecular complexity index is 887. The Morgan fingerprint density at radius 3 is 2.12 bits per heavy atom. The third-order valence-electron chi connectivity index (χ3n) is 4.41. The molecule has 9 nitrogen and oxygen atoms in total. The van der Waals surface area contributed by atoms with E-state index < -0.39 is 18.1 Å². The standard InChI is InChI=1S/C12H17NO4.C11H13NO3/c1-15-10-5-4-8(6-11(10)16-2)9(13)7-12(14)17-3;1-8(13)12-10(11(14)15)7-9-5-3-2-4-6-9/h4-6,9H,7,13H2,1-3H3;2-6,10H,7H2,1H3,(H,12,13)(H,14,15)/t9-;10-/m10/s1. The van der Waals surface area contributed by atoms with Crippen molar-refractivity contribution in [1.29, 1.82) is 0 Å². The number of nitrogens with one attached hydrogen (secondary N) is 1. The molecule has 1 amide bonds. The average Bonchev–Trinajstić information content (AvgIpc) is 2.78. The normalized spacial score (nSPS) is 11.8. The summed E-state index contributed by atoms with van der Waals surface area (Å²) in [6.45, 7) is 1.31. The number of aliphatic carboxylic acids is 1. The van der Waals surface area contributed by atoms with Crippen LogP contribution < -0.4 is 20.5 Å². The van der Waals surface area contributed by atoms with Crippen LogP contribution in [0.1, 0.15) is 30.5 Å². The second kappa shape index (κ2) is 13.7. The molecule has 0 radical (unpaired) electrons. The first-order chi connectivity index (χ1) is 15.2. The second-order valence-electron chi connectivity index (χ2n) is 6.78. The Morgan fingerprint density at radius 2 is 1.62 bits per heavy atom. The maximum Gasteiger partial charge on any atom is 0.326 e. The van der Waals surface area contributed by atoms with Crippen LogP contribution in [0.2, 0.25) is 0 Å². The Morgan fingerprint density at radius 1 is 1.00 bits per heavy atom. The Balaban J connectivity index is 0.000000323. The van der Waals surface area contributed by atoms with Crippen LogP contribution >= 0.6 is 0 Å². The van der Waals surface area contributed by atoms with Gasteiger partial charge in [-0.05, 0) is 23.3 Å². The fourth-order valence-corrected chi connectivity index (χ4v) is 2.76. The zero-order valence-corrected chi connectivity index (χ0v) is 18.7. The van der Waals surface area contributed by atoms with Gasteiger partial charge in [0.05, 0.1) is 27.8 Å². The zero-order valence-electron chi connectivity index (χ0n) is 18.7. The number of hydrogen-bond donors (Lipinski definition) is 3. The number of carboxylic acid groups (broad SMARTS) is 1. The van der Waals surface area contributed by atoms with Gasteiger partial charge in [-0.25, -0.2) is 4.79 Å².